The Morgan fingerprint density at radius 3 is 2.74 bits per heavy atom. The third-order valence-corrected chi connectivity index (χ3v) is 4.83. The van der Waals surface area contributed by atoms with E-state index < -0.39 is 5.97 Å². The van der Waals surface area contributed by atoms with Crippen molar-refractivity contribution in [1.29, 1.82) is 0 Å². The zero-order chi connectivity index (χ0) is 18.9. The van der Waals surface area contributed by atoms with Crippen molar-refractivity contribution in [3.8, 4) is 11.5 Å². The second-order valence-corrected chi connectivity index (χ2v) is 6.51. The monoisotopic (exact) mass is 369 g/mol. The summed E-state index contributed by atoms with van der Waals surface area (Å²) in [6.07, 6.45) is 4.35. The summed E-state index contributed by atoms with van der Waals surface area (Å²) >= 11 is 0. The normalized spacial score (nSPS) is 15.1. The number of nitrogens with zero attached hydrogens (tertiary/aromatic N) is 4. The van der Waals surface area contributed by atoms with Gasteiger partial charge in [-0.3, -0.25) is 4.98 Å². The highest BCUT2D eigenvalue weighted by atomic mass is 19.1. The molecule has 1 aliphatic carbocycles. The molecule has 27 heavy (non-hydrogen) atoms. The van der Waals surface area contributed by atoms with Gasteiger partial charge in [-0.1, -0.05) is 11.6 Å². The molecular formula is C18H16FN5O3. The summed E-state index contributed by atoms with van der Waals surface area (Å²) in [7, 11) is 0. The highest BCUT2D eigenvalue weighted by Crippen LogP contribution is 2.43. The van der Waals surface area contributed by atoms with E-state index >= 15 is 0 Å². The van der Waals surface area contributed by atoms with Crippen molar-refractivity contribution < 1.29 is 18.8 Å². The van der Waals surface area contributed by atoms with Gasteiger partial charge in [-0.2, -0.15) is 0 Å². The minimum atomic E-state index is -1.18. The molecule has 0 radical (unpaired) electrons. The van der Waals surface area contributed by atoms with E-state index in [1.165, 1.54) is 12.1 Å². The summed E-state index contributed by atoms with van der Waals surface area (Å²) in [5.74, 6) is -0.722. The Labute approximate surface area is 153 Å². The Hall–Kier alpha value is -3.36. The Balaban J connectivity index is 1.47. The Morgan fingerprint density at radius 1 is 1.30 bits per heavy atom. The maximum atomic E-state index is 14.2. The molecule has 0 bridgehead atoms. The van der Waals surface area contributed by atoms with Crippen LogP contribution in [-0.2, 0) is 5.41 Å². The van der Waals surface area contributed by atoms with Crippen molar-refractivity contribution in [2.24, 2.45) is 0 Å². The molecule has 138 valence electrons. The zero-order valence-electron chi connectivity index (χ0n) is 14.2. The average molecular weight is 369 g/mol. The quantitative estimate of drug-likeness (QED) is 0.682. The van der Waals surface area contributed by atoms with Gasteiger partial charge >= 0.3 is 5.97 Å². The third-order valence-electron chi connectivity index (χ3n) is 4.83. The van der Waals surface area contributed by atoms with Gasteiger partial charge in [0.25, 0.3) is 0 Å². The fraction of sp³-hybridized carbons (Fsp3) is 0.278. The van der Waals surface area contributed by atoms with Gasteiger partial charge in [-0.05, 0) is 37.1 Å². The van der Waals surface area contributed by atoms with Crippen molar-refractivity contribution in [3.63, 3.8) is 0 Å². The van der Waals surface area contributed by atoms with Crippen LogP contribution in [0.15, 0.2) is 41.1 Å². The van der Waals surface area contributed by atoms with Crippen LogP contribution in [0.4, 0.5) is 10.2 Å². The number of carboxylic acids is 1. The van der Waals surface area contributed by atoms with Gasteiger partial charge in [0.2, 0.25) is 0 Å². The molecular weight excluding hydrogens is 353 g/mol. The second kappa shape index (κ2) is 6.75. The van der Waals surface area contributed by atoms with Crippen LogP contribution in [0.1, 0.15) is 35.4 Å². The molecule has 3 aromatic rings. The lowest BCUT2D eigenvalue weighted by Gasteiger charge is -2.41. The number of carbonyl (C=O) groups is 1. The number of carboxylic acid groups (broad SMARTS) is 1. The predicted molar refractivity (Wildman–Crippen MR) is 92.7 cm³/mol. The molecule has 0 spiro atoms. The summed E-state index contributed by atoms with van der Waals surface area (Å²) in [6, 6.07) is 7.65. The number of nitrogens with one attached hydrogen (secondary N) is 1. The predicted octanol–water partition coefficient (Wildman–Crippen LogP) is 2.90. The van der Waals surface area contributed by atoms with Crippen LogP contribution in [0.25, 0.3) is 11.5 Å². The highest BCUT2D eigenvalue weighted by molar-refractivity contribution is 5.86. The molecule has 0 atom stereocenters. The number of anilines is 1. The fourth-order valence-electron chi connectivity index (χ4n) is 3.19. The number of aromatic carboxylic acids is 1. The topological polar surface area (TPSA) is 114 Å². The Morgan fingerprint density at radius 2 is 2.15 bits per heavy atom. The molecule has 0 saturated heterocycles. The van der Waals surface area contributed by atoms with E-state index in [-0.39, 0.29) is 22.7 Å². The molecule has 1 fully saturated rings. The van der Waals surface area contributed by atoms with Crippen LogP contribution >= 0.6 is 0 Å². The molecule has 0 unspecified atom stereocenters. The van der Waals surface area contributed by atoms with Crippen molar-refractivity contribution in [1.82, 2.24) is 20.3 Å². The third kappa shape index (κ3) is 3.23. The number of pyridine rings is 1. The first-order chi connectivity index (χ1) is 13.1. The molecule has 0 aromatic carbocycles. The minimum Gasteiger partial charge on any atom is -0.476 e. The van der Waals surface area contributed by atoms with Crippen molar-refractivity contribution in [2.75, 3.05) is 11.9 Å². The number of aromatic nitrogens is 4. The van der Waals surface area contributed by atoms with Crippen LogP contribution in [0.2, 0.25) is 0 Å². The number of rotatable bonds is 6. The van der Waals surface area contributed by atoms with Gasteiger partial charge in [0, 0.05) is 24.2 Å². The van der Waals surface area contributed by atoms with Gasteiger partial charge in [0.15, 0.2) is 11.5 Å². The van der Waals surface area contributed by atoms with Crippen LogP contribution in [0.3, 0.4) is 0 Å². The van der Waals surface area contributed by atoms with Crippen molar-refractivity contribution in [2.45, 2.75) is 24.7 Å². The summed E-state index contributed by atoms with van der Waals surface area (Å²) < 4.78 is 19.1. The highest BCUT2D eigenvalue weighted by Gasteiger charge is 2.41. The summed E-state index contributed by atoms with van der Waals surface area (Å²) in [6.45, 7) is 0.500. The molecule has 0 amide bonds. The maximum absolute atomic E-state index is 14.2. The standard InChI is InChI=1S/C18H16FN5O3/c19-11-3-1-8-20-16(11)18(6-2-7-18)10-21-15-5-4-12(22-23-15)14-9-13(17(25)26)24-27-14/h1,3-5,8-9H,2,6-7,10H2,(H,21,23)(H,25,26). The van der Waals surface area contributed by atoms with Crippen LogP contribution in [0, 0.1) is 5.82 Å². The summed E-state index contributed by atoms with van der Waals surface area (Å²) in [5, 5.41) is 23.6. The van der Waals surface area contributed by atoms with Gasteiger partial charge in [-0.15, -0.1) is 10.2 Å². The smallest absolute Gasteiger partial charge is 0.358 e. The van der Waals surface area contributed by atoms with Crippen LogP contribution in [0.5, 0.6) is 0 Å². The molecule has 2 N–H and O–H groups in total. The molecule has 0 aliphatic heterocycles. The fourth-order valence-corrected chi connectivity index (χ4v) is 3.19. The van der Waals surface area contributed by atoms with E-state index in [4.69, 9.17) is 9.63 Å². The first-order valence-electron chi connectivity index (χ1n) is 8.46. The maximum Gasteiger partial charge on any atom is 0.358 e. The molecule has 3 aromatic heterocycles. The molecule has 8 nitrogen and oxygen atoms in total. The van der Waals surface area contributed by atoms with E-state index in [1.807, 2.05) is 0 Å². The SMILES string of the molecule is O=C(O)c1cc(-c2ccc(NCC3(c4ncccc4F)CCC3)nn2)on1. The molecule has 1 aliphatic rings. The molecule has 3 heterocycles. The summed E-state index contributed by atoms with van der Waals surface area (Å²) in [5.41, 5.74) is 0.316. The van der Waals surface area contributed by atoms with E-state index in [9.17, 15) is 9.18 Å². The Bertz CT molecular complexity index is 969. The van der Waals surface area contributed by atoms with Crippen LogP contribution < -0.4 is 5.32 Å². The largest absolute Gasteiger partial charge is 0.476 e. The van der Waals surface area contributed by atoms with E-state index in [1.54, 1.807) is 24.4 Å². The first-order valence-corrected chi connectivity index (χ1v) is 8.46. The molecule has 9 heteroatoms. The number of halogens is 1. The summed E-state index contributed by atoms with van der Waals surface area (Å²) in [4.78, 5) is 15.1. The lowest BCUT2D eigenvalue weighted by atomic mass is 9.66. The van der Waals surface area contributed by atoms with Gasteiger partial charge in [0.1, 0.15) is 17.3 Å². The first kappa shape index (κ1) is 17.1. The van der Waals surface area contributed by atoms with Crippen LogP contribution in [-0.4, -0.2) is 38.0 Å². The van der Waals surface area contributed by atoms with Crippen molar-refractivity contribution in [3.05, 3.63) is 53.7 Å². The molecule has 1 saturated carbocycles. The van der Waals surface area contributed by atoms with Gasteiger partial charge < -0.3 is 14.9 Å². The lowest BCUT2D eigenvalue weighted by Crippen LogP contribution is -2.42. The van der Waals surface area contributed by atoms with E-state index in [2.05, 4.69) is 25.7 Å². The van der Waals surface area contributed by atoms with Crippen molar-refractivity contribution >= 4 is 11.8 Å². The second-order valence-electron chi connectivity index (χ2n) is 6.51. The van der Waals surface area contributed by atoms with E-state index in [0.717, 1.165) is 19.3 Å². The Kier molecular flexibility index (Phi) is 4.27. The number of hydrogen-bond donors (Lipinski definition) is 2. The minimum absolute atomic E-state index is 0.196. The lowest BCUT2D eigenvalue weighted by molar-refractivity contribution is 0.0686. The van der Waals surface area contributed by atoms with E-state index in [0.29, 0.717) is 23.8 Å². The zero-order valence-corrected chi connectivity index (χ0v) is 14.2. The van der Waals surface area contributed by atoms with Gasteiger partial charge in [-0.25, -0.2) is 9.18 Å². The van der Waals surface area contributed by atoms with Gasteiger partial charge in [0.05, 0.1) is 5.69 Å². The molecule has 4 rings (SSSR count). The number of hydrogen-bond acceptors (Lipinski definition) is 7. The average Bonchev–Trinajstić information content (AvgIpc) is 3.13.